The van der Waals surface area contributed by atoms with Gasteiger partial charge in [0.25, 0.3) is 0 Å². The van der Waals surface area contributed by atoms with Crippen LogP contribution in [0.25, 0.3) is 6.08 Å². The van der Waals surface area contributed by atoms with Gasteiger partial charge >= 0.3 is 5.97 Å². The van der Waals surface area contributed by atoms with E-state index < -0.39 is 12.0 Å². The first-order valence-corrected chi connectivity index (χ1v) is 8.24. The number of allylic oxidation sites excluding steroid dienone is 2. The molecule has 1 aromatic carbocycles. The van der Waals surface area contributed by atoms with Crippen molar-refractivity contribution in [3.05, 3.63) is 48.1 Å². The van der Waals surface area contributed by atoms with Gasteiger partial charge < -0.3 is 21.3 Å². The van der Waals surface area contributed by atoms with Gasteiger partial charge in [-0.2, -0.15) is 0 Å². The van der Waals surface area contributed by atoms with Gasteiger partial charge in [0.1, 0.15) is 11.8 Å². The standard InChI is InChI=1S/C19H26N4O3/c1-3-7-14-8-4-9-15(17(14)26-2)10-5-12-22-16(18(24)25)11-6-13-23-19(20)21/h3-5,8-10,12,16H,1,6-7,11,13H2,2H3,(H,24,25)(H4,20,21,23)/b10-5+,22-12?/t16-/m0/s1. The van der Waals surface area contributed by atoms with Gasteiger partial charge in [0.05, 0.1) is 7.11 Å². The van der Waals surface area contributed by atoms with E-state index >= 15 is 0 Å². The highest BCUT2D eigenvalue weighted by Gasteiger charge is 2.14. The summed E-state index contributed by atoms with van der Waals surface area (Å²) >= 11 is 0. The summed E-state index contributed by atoms with van der Waals surface area (Å²) in [5.74, 6) is -0.218. The third kappa shape index (κ3) is 7.21. The summed E-state index contributed by atoms with van der Waals surface area (Å²) in [4.78, 5) is 19.2. The largest absolute Gasteiger partial charge is 0.496 e. The van der Waals surface area contributed by atoms with E-state index in [0.717, 1.165) is 16.9 Å². The van der Waals surface area contributed by atoms with Crippen LogP contribution in [0.1, 0.15) is 24.0 Å². The number of carboxylic acids is 1. The first-order valence-electron chi connectivity index (χ1n) is 8.24. The minimum absolute atomic E-state index is 0.00376. The molecule has 0 amide bonds. The number of ether oxygens (including phenoxy) is 1. The molecule has 0 fully saturated rings. The van der Waals surface area contributed by atoms with Crippen LogP contribution in [-0.2, 0) is 11.2 Å². The Kier molecular flexibility index (Phi) is 9.24. The molecule has 0 bridgehead atoms. The molecule has 0 saturated heterocycles. The SMILES string of the molecule is C=CCc1cccc(/C=C/C=N[C@@H](CCCN=C(N)N)C(=O)O)c1OC. The third-order valence-electron chi connectivity index (χ3n) is 3.54. The minimum atomic E-state index is -0.982. The highest BCUT2D eigenvalue weighted by molar-refractivity contribution is 5.83. The maximum Gasteiger partial charge on any atom is 0.328 e. The molecule has 0 heterocycles. The van der Waals surface area contributed by atoms with Gasteiger partial charge in [0, 0.05) is 18.3 Å². The highest BCUT2D eigenvalue weighted by Crippen LogP contribution is 2.25. The maximum atomic E-state index is 11.3. The third-order valence-corrected chi connectivity index (χ3v) is 3.54. The lowest BCUT2D eigenvalue weighted by Crippen LogP contribution is -2.23. The molecule has 7 nitrogen and oxygen atoms in total. The van der Waals surface area contributed by atoms with Crippen LogP contribution in [0.5, 0.6) is 5.75 Å². The van der Waals surface area contributed by atoms with Crippen molar-refractivity contribution in [3.8, 4) is 5.75 Å². The number of aliphatic imine (C=N–C) groups is 2. The zero-order chi connectivity index (χ0) is 19.4. The molecule has 1 aromatic rings. The van der Waals surface area contributed by atoms with Gasteiger partial charge in [-0.15, -0.1) is 6.58 Å². The fourth-order valence-electron chi connectivity index (χ4n) is 2.36. The van der Waals surface area contributed by atoms with E-state index in [1.165, 1.54) is 6.21 Å². The molecule has 26 heavy (non-hydrogen) atoms. The van der Waals surface area contributed by atoms with E-state index in [0.29, 0.717) is 25.8 Å². The summed E-state index contributed by atoms with van der Waals surface area (Å²) in [7, 11) is 1.62. The molecule has 0 radical (unpaired) electrons. The van der Waals surface area contributed by atoms with Gasteiger partial charge in [0.2, 0.25) is 0 Å². The smallest absolute Gasteiger partial charge is 0.328 e. The molecule has 0 aliphatic carbocycles. The fraction of sp³-hybridized carbons (Fsp3) is 0.316. The molecule has 1 rings (SSSR count). The number of carboxylic acid groups (broad SMARTS) is 1. The van der Waals surface area contributed by atoms with Crippen molar-refractivity contribution in [1.82, 2.24) is 0 Å². The van der Waals surface area contributed by atoms with E-state index in [4.69, 9.17) is 16.2 Å². The summed E-state index contributed by atoms with van der Waals surface area (Å²) < 4.78 is 5.46. The Morgan fingerprint density at radius 3 is 2.81 bits per heavy atom. The van der Waals surface area contributed by atoms with Crippen LogP contribution >= 0.6 is 0 Å². The van der Waals surface area contributed by atoms with Crippen LogP contribution in [0, 0.1) is 0 Å². The second-order valence-corrected chi connectivity index (χ2v) is 5.49. The van der Waals surface area contributed by atoms with Crippen molar-refractivity contribution in [3.63, 3.8) is 0 Å². The topological polar surface area (TPSA) is 123 Å². The molecule has 5 N–H and O–H groups in total. The number of benzene rings is 1. The maximum absolute atomic E-state index is 11.3. The Labute approximate surface area is 153 Å². The zero-order valence-corrected chi connectivity index (χ0v) is 15.0. The molecular weight excluding hydrogens is 332 g/mol. The summed E-state index contributed by atoms with van der Waals surface area (Å²) in [5, 5.41) is 9.22. The number of guanidine groups is 1. The predicted molar refractivity (Wildman–Crippen MR) is 106 cm³/mol. The lowest BCUT2D eigenvalue weighted by atomic mass is 10.1. The molecule has 0 aromatic heterocycles. The summed E-state index contributed by atoms with van der Waals surface area (Å²) in [5.41, 5.74) is 12.4. The van der Waals surface area contributed by atoms with Crippen molar-refractivity contribution in [2.45, 2.75) is 25.3 Å². The van der Waals surface area contributed by atoms with Crippen LogP contribution in [-0.4, -0.2) is 42.9 Å². The fourth-order valence-corrected chi connectivity index (χ4v) is 2.36. The number of nitrogens with zero attached hydrogens (tertiary/aromatic N) is 2. The number of rotatable bonds is 11. The van der Waals surface area contributed by atoms with Crippen molar-refractivity contribution < 1.29 is 14.6 Å². The zero-order valence-electron chi connectivity index (χ0n) is 15.0. The number of hydrogen-bond donors (Lipinski definition) is 3. The minimum Gasteiger partial charge on any atom is -0.496 e. The van der Waals surface area contributed by atoms with Crippen molar-refractivity contribution >= 4 is 24.2 Å². The second-order valence-electron chi connectivity index (χ2n) is 5.49. The predicted octanol–water partition coefficient (Wildman–Crippen LogP) is 2.01. The summed E-state index contributed by atoms with van der Waals surface area (Å²) in [6, 6.07) is 4.99. The van der Waals surface area contributed by atoms with E-state index in [9.17, 15) is 9.90 Å². The van der Waals surface area contributed by atoms with Crippen LogP contribution < -0.4 is 16.2 Å². The van der Waals surface area contributed by atoms with Gasteiger partial charge in [0.15, 0.2) is 5.96 Å². The average molecular weight is 358 g/mol. The summed E-state index contributed by atoms with van der Waals surface area (Å²) in [6.07, 6.45) is 8.41. The Hall–Kier alpha value is -3.09. The van der Waals surface area contributed by atoms with Crippen molar-refractivity contribution in [2.75, 3.05) is 13.7 Å². The Bertz CT molecular complexity index is 692. The number of nitrogens with two attached hydrogens (primary N) is 2. The number of aliphatic carboxylic acids is 1. The van der Waals surface area contributed by atoms with E-state index in [-0.39, 0.29) is 5.96 Å². The Balaban J connectivity index is 2.75. The first-order chi connectivity index (χ1) is 12.5. The van der Waals surface area contributed by atoms with Gasteiger partial charge in [-0.05, 0) is 37.0 Å². The van der Waals surface area contributed by atoms with E-state index in [2.05, 4.69) is 16.6 Å². The normalized spacial score (nSPS) is 12.2. The van der Waals surface area contributed by atoms with E-state index in [1.54, 1.807) is 13.2 Å². The number of para-hydroxylation sites is 1. The van der Waals surface area contributed by atoms with Crippen LogP contribution in [0.2, 0.25) is 0 Å². The molecule has 1 atom stereocenters. The van der Waals surface area contributed by atoms with Gasteiger partial charge in [-0.3, -0.25) is 9.98 Å². The van der Waals surface area contributed by atoms with Gasteiger partial charge in [-0.25, -0.2) is 4.79 Å². The molecule has 0 spiro atoms. The molecule has 140 valence electrons. The molecular formula is C19H26N4O3. The van der Waals surface area contributed by atoms with Crippen molar-refractivity contribution in [1.29, 1.82) is 0 Å². The monoisotopic (exact) mass is 358 g/mol. The van der Waals surface area contributed by atoms with Gasteiger partial charge in [-0.1, -0.05) is 24.3 Å². The van der Waals surface area contributed by atoms with Crippen LogP contribution in [0.15, 0.2) is 46.9 Å². The number of carbonyl (C=O) groups is 1. The highest BCUT2D eigenvalue weighted by atomic mass is 16.5. The van der Waals surface area contributed by atoms with E-state index in [1.807, 2.05) is 30.4 Å². The molecule has 0 aliphatic heterocycles. The average Bonchev–Trinajstić information content (AvgIpc) is 2.60. The Morgan fingerprint density at radius 2 is 2.19 bits per heavy atom. The quantitative estimate of drug-likeness (QED) is 0.242. The Morgan fingerprint density at radius 1 is 1.42 bits per heavy atom. The van der Waals surface area contributed by atoms with Crippen LogP contribution in [0.3, 0.4) is 0 Å². The molecule has 7 heteroatoms. The lowest BCUT2D eigenvalue weighted by molar-refractivity contribution is -0.138. The number of hydrogen-bond acceptors (Lipinski definition) is 4. The van der Waals surface area contributed by atoms with Crippen LogP contribution in [0.4, 0.5) is 0 Å². The summed E-state index contributed by atoms with van der Waals surface area (Å²) in [6.45, 7) is 4.12. The lowest BCUT2D eigenvalue weighted by Gasteiger charge is -2.09. The first kappa shape index (κ1) is 21.0. The second kappa shape index (κ2) is 11.5. The molecule has 0 unspecified atom stereocenters. The van der Waals surface area contributed by atoms with Crippen molar-refractivity contribution in [2.24, 2.45) is 21.5 Å². The molecule has 0 saturated carbocycles. The number of methoxy groups -OCH3 is 1. The molecule has 0 aliphatic rings.